The van der Waals surface area contributed by atoms with Crippen LogP contribution in [0.5, 0.6) is 0 Å². The van der Waals surface area contributed by atoms with E-state index in [4.69, 9.17) is 0 Å². The molecule has 126 valence electrons. The lowest BCUT2D eigenvalue weighted by Crippen LogP contribution is -2.14. The van der Waals surface area contributed by atoms with Gasteiger partial charge in [0.2, 0.25) is 0 Å². The fraction of sp³-hybridized carbons (Fsp3) is 0.381. The molecule has 0 atom stereocenters. The number of fused-ring (bicyclic) bond motifs is 2. The van der Waals surface area contributed by atoms with Crippen molar-refractivity contribution in [3.05, 3.63) is 56.2 Å². The number of rotatable bonds is 0. The lowest BCUT2D eigenvalue weighted by Gasteiger charge is -2.21. The maximum absolute atomic E-state index is 13.1. The Labute approximate surface area is 151 Å². The molecule has 1 heterocycles. The molecule has 0 radical (unpaired) electrons. The zero-order valence-electron chi connectivity index (χ0n) is 15.2. The monoisotopic (exact) mass is 385 g/mol. The van der Waals surface area contributed by atoms with Crippen LogP contribution >= 0.6 is 15.9 Å². The average molecular weight is 386 g/mol. The molecule has 0 spiro atoms. The van der Waals surface area contributed by atoms with Crippen molar-refractivity contribution in [2.75, 3.05) is 0 Å². The number of aromatic nitrogens is 1. The Balaban J connectivity index is 2.40. The van der Waals surface area contributed by atoms with E-state index in [-0.39, 0.29) is 16.3 Å². The fourth-order valence-electron chi connectivity index (χ4n) is 2.96. The SMILES string of the molecule is CC(C)(C)c1cc(Br)c2c(=O)c3cc(C(C)(C)C)ccc3[nH]c2c1. The van der Waals surface area contributed by atoms with Gasteiger partial charge in [0.05, 0.1) is 10.9 Å². The molecule has 24 heavy (non-hydrogen) atoms. The summed E-state index contributed by atoms with van der Waals surface area (Å²) in [5.41, 5.74) is 4.26. The Morgan fingerprint density at radius 2 is 1.46 bits per heavy atom. The first kappa shape index (κ1) is 17.2. The predicted molar refractivity (Wildman–Crippen MR) is 107 cm³/mol. The lowest BCUT2D eigenvalue weighted by molar-refractivity contribution is 0.590. The minimum Gasteiger partial charge on any atom is -0.354 e. The Hall–Kier alpha value is -1.61. The van der Waals surface area contributed by atoms with Gasteiger partial charge in [0.25, 0.3) is 0 Å². The van der Waals surface area contributed by atoms with Crippen molar-refractivity contribution in [3.8, 4) is 0 Å². The van der Waals surface area contributed by atoms with Crippen LogP contribution in [-0.2, 0) is 10.8 Å². The molecule has 0 fully saturated rings. The van der Waals surface area contributed by atoms with Gasteiger partial charge >= 0.3 is 0 Å². The molecule has 2 nitrogen and oxygen atoms in total. The zero-order chi connectivity index (χ0) is 17.9. The molecule has 0 saturated carbocycles. The van der Waals surface area contributed by atoms with Gasteiger partial charge in [-0.25, -0.2) is 0 Å². The minimum absolute atomic E-state index is 0.0168. The van der Waals surface area contributed by atoms with Gasteiger partial charge in [-0.3, -0.25) is 4.79 Å². The Bertz CT molecular complexity index is 1000. The number of hydrogen-bond donors (Lipinski definition) is 1. The summed E-state index contributed by atoms with van der Waals surface area (Å²) in [5.74, 6) is 0. The van der Waals surface area contributed by atoms with Gasteiger partial charge < -0.3 is 4.98 Å². The van der Waals surface area contributed by atoms with Crippen LogP contribution in [0.15, 0.2) is 39.6 Å². The van der Waals surface area contributed by atoms with Crippen molar-refractivity contribution >= 4 is 37.7 Å². The maximum atomic E-state index is 13.1. The van der Waals surface area contributed by atoms with Crippen LogP contribution in [0, 0.1) is 0 Å². The Morgan fingerprint density at radius 1 is 0.833 bits per heavy atom. The highest BCUT2D eigenvalue weighted by Crippen LogP contribution is 2.31. The number of pyridine rings is 1. The summed E-state index contributed by atoms with van der Waals surface area (Å²) in [6.07, 6.45) is 0. The van der Waals surface area contributed by atoms with Crippen molar-refractivity contribution in [1.82, 2.24) is 4.98 Å². The molecule has 2 aromatic carbocycles. The van der Waals surface area contributed by atoms with Crippen LogP contribution in [0.3, 0.4) is 0 Å². The van der Waals surface area contributed by atoms with Gasteiger partial charge in [-0.05, 0) is 62.2 Å². The highest BCUT2D eigenvalue weighted by molar-refractivity contribution is 9.10. The first-order chi connectivity index (χ1) is 11.0. The van der Waals surface area contributed by atoms with E-state index in [0.29, 0.717) is 0 Å². The normalized spacial score (nSPS) is 13.0. The van der Waals surface area contributed by atoms with Crippen molar-refractivity contribution in [3.63, 3.8) is 0 Å². The molecule has 3 heteroatoms. The van der Waals surface area contributed by atoms with Crippen LogP contribution in [0.1, 0.15) is 52.7 Å². The van der Waals surface area contributed by atoms with Crippen LogP contribution in [-0.4, -0.2) is 4.98 Å². The number of H-pyrrole nitrogens is 1. The molecule has 0 saturated heterocycles. The molecule has 1 N–H and O–H groups in total. The third-order valence-corrected chi connectivity index (χ3v) is 5.21. The predicted octanol–water partition coefficient (Wildman–Crippen LogP) is 6.04. The Kier molecular flexibility index (Phi) is 3.91. The van der Waals surface area contributed by atoms with Crippen molar-refractivity contribution in [2.24, 2.45) is 0 Å². The highest BCUT2D eigenvalue weighted by Gasteiger charge is 2.19. The smallest absolute Gasteiger partial charge is 0.198 e. The summed E-state index contributed by atoms with van der Waals surface area (Å²) in [5, 5.41) is 1.47. The second-order valence-corrected chi connectivity index (χ2v) is 9.45. The number of halogens is 1. The Morgan fingerprint density at radius 3 is 2.04 bits per heavy atom. The van der Waals surface area contributed by atoms with E-state index in [1.807, 2.05) is 12.1 Å². The maximum Gasteiger partial charge on any atom is 0.198 e. The van der Waals surface area contributed by atoms with Gasteiger partial charge in [-0.1, -0.05) is 47.6 Å². The molecule has 0 aliphatic heterocycles. The van der Waals surface area contributed by atoms with E-state index in [1.54, 1.807) is 0 Å². The van der Waals surface area contributed by atoms with Gasteiger partial charge in [0, 0.05) is 15.4 Å². The number of aromatic amines is 1. The summed E-state index contributed by atoms with van der Waals surface area (Å²) in [7, 11) is 0. The van der Waals surface area contributed by atoms with Crippen molar-refractivity contribution in [2.45, 2.75) is 52.4 Å². The lowest BCUT2D eigenvalue weighted by atomic mass is 9.85. The van der Waals surface area contributed by atoms with E-state index in [1.165, 1.54) is 11.1 Å². The molecule has 0 amide bonds. The summed E-state index contributed by atoms with van der Waals surface area (Å²) in [6, 6.07) is 10.3. The van der Waals surface area contributed by atoms with Crippen molar-refractivity contribution < 1.29 is 0 Å². The molecule has 0 bridgehead atoms. The van der Waals surface area contributed by atoms with Gasteiger partial charge in [0.15, 0.2) is 5.43 Å². The first-order valence-electron chi connectivity index (χ1n) is 8.29. The summed E-state index contributed by atoms with van der Waals surface area (Å²) < 4.78 is 0.856. The molecule has 3 aromatic rings. The van der Waals surface area contributed by atoms with E-state index >= 15 is 0 Å². The van der Waals surface area contributed by atoms with E-state index in [0.717, 1.165) is 26.3 Å². The van der Waals surface area contributed by atoms with Gasteiger partial charge in [-0.2, -0.15) is 0 Å². The van der Waals surface area contributed by atoms with Crippen LogP contribution in [0.2, 0.25) is 0 Å². The largest absolute Gasteiger partial charge is 0.354 e. The zero-order valence-corrected chi connectivity index (χ0v) is 16.8. The van der Waals surface area contributed by atoms with E-state index < -0.39 is 0 Å². The third-order valence-electron chi connectivity index (χ3n) is 4.58. The summed E-state index contributed by atoms with van der Waals surface area (Å²) in [4.78, 5) is 16.6. The second kappa shape index (κ2) is 5.45. The summed E-state index contributed by atoms with van der Waals surface area (Å²) >= 11 is 3.61. The molecule has 1 aromatic heterocycles. The molecule has 0 unspecified atom stereocenters. The molecule has 0 aliphatic rings. The van der Waals surface area contributed by atoms with E-state index in [9.17, 15) is 4.79 Å². The summed E-state index contributed by atoms with van der Waals surface area (Å²) in [6.45, 7) is 13.0. The number of hydrogen-bond acceptors (Lipinski definition) is 1. The number of benzene rings is 2. The minimum atomic E-state index is 0.0168. The van der Waals surface area contributed by atoms with Gasteiger partial charge in [0.1, 0.15) is 0 Å². The van der Waals surface area contributed by atoms with Gasteiger partial charge in [-0.15, -0.1) is 0 Å². The average Bonchev–Trinajstić information content (AvgIpc) is 2.44. The van der Waals surface area contributed by atoms with Crippen molar-refractivity contribution in [1.29, 1.82) is 0 Å². The molecular weight excluding hydrogens is 362 g/mol. The molecule has 0 aliphatic carbocycles. The molecule has 3 rings (SSSR count). The third kappa shape index (κ3) is 2.90. The quantitative estimate of drug-likeness (QED) is 0.470. The topological polar surface area (TPSA) is 32.9 Å². The van der Waals surface area contributed by atoms with E-state index in [2.05, 4.69) is 80.7 Å². The second-order valence-electron chi connectivity index (χ2n) is 8.60. The highest BCUT2D eigenvalue weighted by atomic mass is 79.9. The van der Waals surface area contributed by atoms with Crippen LogP contribution in [0.4, 0.5) is 0 Å². The fourth-order valence-corrected chi connectivity index (χ4v) is 3.60. The first-order valence-corrected chi connectivity index (χ1v) is 9.08. The molecular formula is C21H24BrNO. The standard InChI is InChI=1S/C21H24BrNO/c1-20(2,3)12-7-8-16-14(9-12)19(24)18-15(22)10-13(21(4,5)6)11-17(18)23-16/h7-11H,1-6H3,(H,23,24). The number of nitrogens with one attached hydrogen (secondary N) is 1. The van der Waals surface area contributed by atoms with Crippen LogP contribution < -0.4 is 5.43 Å². The van der Waals surface area contributed by atoms with Crippen LogP contribution in [0.25, 0.3) is 21.8 Å².